The number of carbonyl (C=O) groups excluding carboxylic acids is 1. The van der Waals surface area contributed by atoms with Crippen molar-refractivity contribution in [1.82, 2.24) is 4.98 Å². The van der Waals surface area contributed by atoms with E-state index in [0.717, 1.165) is 10.9 Å². The lowest BCUT2D eigenvalue weighted by molar-refractivity contribution is -0.116. The number of ketones is 1. The summed E-state index contributed by atoms with van der Waals surface area (Å²) in [5.41, 5.74) is 2.14. The molecule has 0 aliphatic rings. The number of nitriles is 1. The van der Waals surface area contributed by atoms with Crippen LogP contribution in [0.15, 0.2) is 30.5 Å². The zero-order valence-electron chi connectivity index (χ0n) is 8.90. The molecule has 2 aromatic rings. The van der Waals surface area contributed by atoms with Gasteiger partial charge in [-0.05, 0) is 24.6 Å². The maximum absolute atomic E-state index is 11.1. The maximum atomic E-state index is 11.1. The Labute approximate surface area is 93.3 Å². The highest BCUT2D eigenvalue weighted by molar-refractivity contribution is 5.90. The number of hydrogen-bond acceptors (Lipinski definition) is 3. The average molecular weight is 210 g/mol. The Morgan fingerprint density at radius 2 is 2.25 bits per heavy atom. The summed E-state index contributed by atoms with van der Waals surface area (Å²) >= 11 is 0. The van der Waals surface area contributed by atoms with E-state index in [-0.39, 0.29) is 5.78 Å². The molecule has 16 heavy (non-hydrogen) atoms. The molecular formula is C13H10N2O. The first-order valence-electron chi connectivity index (χ1n) is 4.98. The monoisotopic (exact) mass is 210 g/mol. The summed E-state index contributed by atoms with van der Waals surface area (Å²) in [5, 5.41) is 9.84. The van der Waals surface area contributed by atoms with Gasteiger partial charge in [-0.25, -0.2) is 0 Å². The lowest BCUT2D eigenvalue weighted by Gasteiger charge is -2.04. The molecule has 0 amide bonds. The van der Waals surface area contributed by atoms with Crippen molar-refractivity contribution in [3.05, 3.63) is 41.6 Å². The molecular weight excluding hydrogens is 200 g/mol. The van der Waals surface area contributed by atoms with Crippen LogP contribution in [0.5, 0.6) is 0 Å². The van der Waals surface area contributed by atoms with Crippen molar-refractivity contribution in [3.8, 4) is 6.07 Å². The Morgan fingerprint density at radius 3 is 2.94 bits per heavy atom. The zero-order chi connectivity index (χ0) is 11.5. The minimum atomic E-state index is 0.106. The fraction of sp³-hybridized carbons (Fsp3) is 0.154. The van der Waals surface area contributed by atoms with Gasteiger partial charge in [-0.2, -0.15) is 5.26 Å². The number of aromatic nitrogens is 1. The van der Waals surface area contributed by atoms with Gasteiger partial charge in [0.2, 0.25) is 0 Å². The molecule has 0 aliphatic heterocycles. The summed E-state index contributed by atoms with van der Waals surface area (Å²) in [6, 6.07) is 9.36. The second-order valence-corrected chi connectivity index (χ2v) is 3.66. The number of nitrogens with zero attached hydrogens (tertiary/aromatic N) is 2. The number of pyridine rings is 1. The lowest BCUT2D eigenvalue weighted by atomic mass is 10.0. The standard InChI is InChI=1S/C13H10N2O/c1-9(16)7-10-5-6-15-13-11(8-14)3-2-4-12(10)13/h2-6H,7H2,1H3. The first-order chi connectivity index (χ1) is 7.72. The third-order valence-electron chi connectivity index (χ3n) is 2.42. The largest absolute Gasteiger partial charge is 0.300 e. The Bertz CT molecular complexity index is 596. The Kier molecular flexibility index (Phi) is 2.65. The van der Waals surface area contributed by atoms with Crippen LogP contribution in [0.3, 0.4) is 0 Å². The molecule has 0 atom stereocenters. The number of fused-ring (bicyclic) bond motifs is 1. The predicted octanol–water partition coefficient (Wildman–Crippen LogP) is 2.24. The molecule has 0 fully saturated rings. The van der Waals surface area contributed by atoms with E-state index in [4.69, 9.17) is 5.26 Å². The SMILES string of the molecule is CC(=O)Cc1ccnc2c(C#N)cccc12. The van der Waals surface area contributed by atoms with Gasteiger partial charge in [-0.1, -0.05) is 12.1 Å². The van der Waals surface area contributed by atoms with Gasteiger partial charge in [-0.3, -0.25) is 9.78 Å². The first kappa shape index (κ1) is 10.3. The van der Waals surface area contributed by atoms with Crippen LogP contribution in [0.4, 0.5) is 0 Å². The highest BCUT2D eigenvalue weighted by Crippen LogP contribution is 2.20. The molecule has 2 rings (SSSR count). The summed E-state index contributed by atoms with van der Waals surface area (Å²) in [5.74, 6) is 0.106. The molecule has 0 unspecified atom stereocenters. The molecule has 0 bridgehead atoms. The number of Topliss-reactive ketones (excluding diaryl/α,β-unsaturated/α-hetero) is 1. The topological polar surface area (TPSA) is 53.8 Å². The van der Waals surface area contributed by atoms with E-state index in [1.807, 2.05) is 18.2 Å². The smallest absolute Gasteiger partial charge is 0.134 e. The summed E-state index contributed by atoms with van der Waals surface area (Å²) in [7, 11) is 0. The molecule has 3 nitrogen and oxygen atoms in total. The van der Waals surface area contributed by atoms with E-state index in [1.165, 1.54) is 0 Å². The molecule has 0 saturated carbocycles. The molecule has 1 aromatic carbocycles. The van der Waals surface area contributed by atoms with Gasteiger partial charge in [0.05, 0.1) is 11.1 Å². The fourth-order valence-corrected chi connectivity index (χ4v) is 1.75. The van der Waals surface area contributed by atoms with Gasteiger partial charge in [0, 0.05) is 18.0 Å². The van der Waals surface area contributed by atoms with Crippen molar-refractivity contribution in [2.45, 2.75) is 13.3 Å². The molecule has 0 N–H and O–H groups in total. The van der Waals surface area contributed by atoms with E-state index in [1.54, 1.807) is 19.2 Å². The summed E-state index contributed by atoms with van der Waals surface area (Å²) < 4.78 is 0. The van der Waals surface area contributed by atoms with E-state index >= 15 is 0 Å². The van der Waals surface area contributed by atoms with E-state index in [9.17, 15) is 4.79 Å². The Morgan fingerprint density at radius 1 is 1.44 bits per heavy atom. The first-order valence-corrected chi connectivity index (χ1v) is 4.98. The van der Waals surface area contributed by atoms with Gasteiger partial charge in [-0.15, -0.1) is 0 Å². The second-order valence-electron chi connectivity index (χ2n) is 3.66. The zero-order valence-corrected chi connectivity index (χ0v) is 8.90. The molecule has 78 valence electrons. The summed E-state index contributed by atoms with van der Waals surface area (Å²) in [4.78, 5) is 15.3. The van der Waals surface area contributed by atoms with Gasteiger partial charge < -0.3 is 0 Å². The van der Waals surface area contributed by atoms with Gasteiger partial charge in [0.25, 0.3) is 0 Å². The maximum Gasteiger partial charge on any atom is 0.134 e. The van der Waals surface area contributed by atoms with E-state index in [2.05, 4.69) is 11.1 Å². The number of para-hydroxylation sites is 1. The van der Waals surface area contributed by atoms with Crippen molar-refractivity contribution in [2.75, 3.05) is 0 Å². The average Bonchev–Trinajstić information content (AvgIpc) is 2.28. The van der Waals surface area contributed by atoms with Crippen molar-refractivity contribution < 1.29 is 4.79 Å². The predicted molar refractivity (Wildman–Crippen MR) is 60.8 cm³/mol. The fourth-order valence-electron chi connectivity index (χ4n) is 1.75. The minimum Gasteiger partial charge on any atom is -0.300 e. The highest BCUT2D eigenvalue weighted by atomic mass is 16.1. The molecule has 1 heterocycles. The number of carbonyl (C=O) groups is 1. The molecule has 1 aromatic heterocycles. The minimum absolute atomic E-state index is 0.106. The summed E-state index contributed by atoms with van der Waals surface area (Å²) in [6.07, 6.45) is 2.02. The van der Waals surface area contributed by atoms with Crippen molar-refractivity contribution >= 4 is 16.7 Å². The van der Waals surface area contributed by atoms with Crippen LogP contribution in [0.2, 0.25) is 0 Å². The van der Waals surface area contributed by atoms with E-state index in [0.29, 0.717) is 17.5 Å². The van der Waals surface area contributed by atoms with Crippen LogP contribution in [-0.2, 0) is 11.2 Å². The Hall–Kier alpha value is -2.21. The molecule has 0 aliphatic carbocycles. The number of hydrogen-bond donors (Lipinski definition) is 0. The van der Waals surface area contributed by atoms with Gasteiger partial charge >= 0.3 is 0 Å². The number of benzene rings is 1. The van der Waals surface area contributed by atoms with Crippen LogP contribution in [0, 0.1) is 11.3 Å². The van der Waals surface area contributed by atoms with Crippen LogP contribution in [-0.4, -0.2) is 10.8 Å². The lowest BCUT2D eigenvalue weighted by Crippen LogP contribution is -1.98. The molecule has 0 radical (unpaired) electrons. The van der Waals surface area contributed by atoms with Crippen LogP contribution >= 0.6 is 0 Å². The van der Waals surface area contributed by atoms with Crippen LogP contribution < -0.4 is 0 Å². The van der Waals surface area contributed by atoms with Crippen molar-refractivity contribution in [3.63, 3.8) is 0 Å². The van der Waals surface area contributed by atoms with Gasteiger partial charge in [0.15, 0.2) is 0 Å². The second kappa shape index (κ2) is 4.11. The summed E-state index contributed by atoms with van der Waals surface area (Å²) in [6.45, 7) is 1.56. The van der Waals surface area contributed by atoms with Crippen molar-refractivity contribution in [2.24, 2.45) is 0 Å². The quantitative estimate of drug-likeness (QED) is 0.763. The third-order valence-corrected chi connectivity index (χ3v) is 2.42. The van der Waals surface area contributed by atoms with Crippen LogP contribution in [0.1, 0.15) is 18.1 Å². The molecule has 3 heteroatoms. The number of rotatable bonds is 2. The Balaban J connectivity index is 2.70. The van der Waals surface area contributed by atoms with Crippen LogP contribution in [0.25, 0.3) is 10.9 Å². The van der Waals surface area contributed by atoms with E-state index < -0.39 is 0 Å². The van der Waals surface area contributed by atoms with Crippen molar-refractivity contribution in [1.29, 1.82) is 5.26 Å². The normalized spacial score (nSPS) is 10.0. The third kappa shape index (κ3) is 1.78. The highest BCUT2D eigenvalue weighted by Gasteiger charge is 2.06. The molecule has 0 saturated heterocycles. The van der Waals surface area contributed by atoms with Gasteiger partial charge in [0.1, 0.15) is 11.9 Å². The molecule has 0 spiro atoms.